The molecule has 0 unspecified atom stereocenters. The number of aromatic nitrogens is 1. The molecule has 0 atom stereocenters. The topological polar surface area (TPSA) is 120 Å². The molecular formula is C26H34N4O7S. The van der Waals surface area contributed by atoms with E-state index in [4.69, 9.17) is 18.9 Å². The third-order valence-corrected chi connectivity index (χ3v) is 7.23. The van der Waals surface area contributed by atoms with E-state index in [1.807, 2.05) is 7.05 Å². The van der Waals surface area contributed by atoms with Gasteiger partial charge in [-0.05, 0) is 24.8 Å². The summed E-state index contributed by atoms with van der Waals surface area (Å²) in [7, 11) is 4.25. The first-order valence-corrected chi connectivity index (χ1v) is 13.6. The fraction of sp³-hybridized carbons (Fsp3) is 0.385. The molecule has 0 saturated carbocycles. The summed E-state index contributed by atoms with van der Waals surface area (Å²) in [5.41, 5.74) is 1.33. The minimum atomic E-state index is -3.70. The zero-order valence-electron chi connectivity index (χ0n) is 22.3. The number of hydrogen-bond acceptors (Lipinski definition) is 10. The molecule has 1 aromatic heterocycles. The van der Waals surface area contributed by atoms with Crippen LogP contribution in [-0.4, -0.2) is 90.8 Å². The van der Waals surface area contributed by atoms with Crippen LogP contribution >= 0.6 is 0 Å². The number of rotatable bonds is 11. The van der Waals surface area contributed by atoms with Crippen LogP contribution in [0.25, 0.3) is 6.08 Å². The third-order valence-electron chi connectivity index (χ3n) is 5.94. The van der Waals surface area contributed by atoms with E-state index in [-0.39, 0.29) is 17.5 Å². The quantitative estimate of drug-likeness (QED) is 0.421. The normalized spacial score (nSPS) is 14.6. The summed E-state index contributed by atoms with van der Waals surface area (Å²) < 4.78 is 47.1. The molecule has 1 aromatic carbocycles. The molecule has 1 aliphatic rings. The molecule has 3 rings (SSSR count). The van der Waals surface area contributed by atoms with Crippen LogP contribution in [0, 0.1) is 0 Å². The summed E-state index contributed by atoms with van der Waals surface area (Å²) in [6.07, 6.45) is 5.80. The van der Waals surface area contributed by atoms with E-state index in [0.717, 1.165) is 18.5 Å². The van der Waals surface area contributed by atoms with Crippen molar-refractivity contribution < 1.29 is 32.2 Å². The van der Waals surface area contributed by atoms with Gasteiger partial charge >= 0.3 is 0 Å². The van der Waals surface area contributed by atoms with Crippen molar-refractivity contribution in [2.24, 2.45) is 0 Å². The molecule has 2 aromatic rings. The van der Waals surface area contributed by atoms with E-state index in [1.165, 1.54) is 53.0 Å². The summed E-state index contributed by atoms with van der Waals surface area (Å²) in [5.74, 6) is 1.19. The Balaban J connectivity index is 1.74. The van der Waals surface area contributed by atoms with Crippen molar-refractivity contribution in [1.82, 2.24) is 14.8 Å². The number of hydrogen-bond donors (Lipinski definition) is 1. The lowest BCUT2D eigenvalue weighted by molar-refractivity contribution is -0.127. The largest absolute Gasteiger partial charge is 0.496 e. The summed E-state index contributed by atoms with van der Waals surface area (Å²) in [4.78, 5) is 20.6. The first kappa shape index (κ1) is 28.8. The van der Waals surface area contributed by atoms with Gasteiger partial charge in [-0.3, -0.25) is 4.79 Å². The van der Waals surface area contributed by atoms with Gasteiger partial charge in [0.05, 0.1) is 39.8 Å². The van der Waals surface area contributed by atoms with Crippen LogP contribution in [0.15, 0.2) is 42.1 Å². The standard InChI is InChI=1S/C26H34N4O7S/c1-29-9-11-30(12-10-29)25(31)6-8-27-22-14-19(17-28-26(22)37-5)18-38(32,33)13-7-21-23(35-3)15-20(34-2)16-24(21)36-4/h6-8,13-17,27H,9-12,18H2,1-5H3. The molecule has 1 saturated heterocycles. The van der Waals surface area contributed by atoms with E-state index < -0.39 is 9.84 Å². The maximum atomic E-state index is 12.9. The van der Waals surface area contributed by atoms with Crippen molar-refractivity contribution in [3.63, 3.8) is 0 Å². The molecule has 0 spiro atoms. The van der Waals surface area contributed by atoms with Crippen molar-refractivity contribution in [3.05, 3.63) is 53.2 Å². The van der Waals surface area contributed by atoms with Crippen LogP contribution in [0.2, 0.25) is 0 Å². The van der Waals surface area contributed by atoms with Crippen LogP contribution in [0.5, 0.6) is 23.1 Å². The van der Waals surface area contributed by atoms with Crippen LogP contribution in [0.3, 0.4) is 0 Å². The number of likely N-dealkylation sites (N-methyl/N-ethyl adjacent to an activating group) is 1. The summed E-state index contributed by atoms with van der Waals surface area (Å²) in [6, 6.07) is 4.90. The third kappa shape index (κ3) is 7.62. The van der Waals surface area contributed by atoms with Crippen molar-refractivity contribution in [1.29, 1.82) is 0 Å². The molecule has 1 aliphatic heterocycles. The van der Waals surface area contributed by atoms with Crippen molar-refractivity contribution in [2.45, 2.75) is 5.75 Å². The smallest absolute Gasteiger partial charge is 0.248 e. The monoisotopic (exact) mass is 546 g/mol. The minimum Gasteiger partial charge on any atom is -0.496 e. The van der Waals surface area contributed by atoms with Crippen LogP contribution in [0.4, 0.5) is 5.69 Å². The van der Waals surface area contributed by atoms with Gasteiger partial charge in [-0.15, -0.1) is 0 Å². The Hall–Kier alpha value is -3.77. The lowest BCUT2D eigenvalue weighted by atomic mass is 10.1. The molecule has 0 bridgehead atoms. The number of pyridine rings is 1. The second kappa shape index (κ2) is 13.2. The Labute approximate surface area is 223 Å². The highest BCUT2D eigenvalue weighted by Gasteiger charge is 2.17. The first-order valence-electron chi connectivity index (χ1n) is 11.8. The van der Waals surface area contributed by atoms with Gasteiger partial charge in [0.2, 0.25) is 11.8 Å². The summed E-state index contributed by atoms with van der Waals surface area (Å²) >= 11 is 0. The molecule has 1 N–H and O–H groups in total. The number of nitrogens with zero attached hydrogens (tertiary/aromatic N) is 3. The average Bonchev–Trinajstić information content (AvgIpc) is 2.91. The van der Waals surface area contributed by atoms with Gasteiger partial charge in [0, 0.05) is 62.2 Å². The van der Waals surface area contributed by atoms with E-state index in [0.29, 0.717) is 47.2 Å². The number of nitrogens with one attached hydrogen (secondary N) is 1. The Morgan fingerprint density at radius 1 is 1.00 bits per heavy atom. The molecule has 12 heteroatoms. The van der Waals surface area contributed by atoms with Gasteiger partial charge in [-0.1, -0.05) is 0 Å². The van der Waals surface area contributed by atoms with Gasteiger partial charge in [0.1, 0.15) is 22.9 Å². The van der Waals surface area contributed by atoms with E-state index >= 15 is 0 Å². The molecule has 206 valence electrons. The molecule has 0 aliphatic carbocycles. The lowest BCUT2D eigenvalue weighted by Gasteiger charge is -2.31. The lowest BCUT2D eigenvalue weighted by Crippen LogP contribution is -2.46. The number of carbonyl (C=O) groups excluding carboxylic acids is 1. The van der Waals surface area contributed by atoms with Gasteiger partial charge in [0.15, 0.2) is 9.84 Å². The fourth-order valence-electron chi connectivity index (χ4n) is 3.82. The second-order valence-corrected chi connectivity index (χ2v) is 10.4. The molecule has 1 fully saturated rings. The van der Waals surface area contributed by atoms with E-state index in [9.17, 15) is 13.2 Å². The SMILES string of the molecule is COc1cc(OC)c(C=CS(=O)(=O)Cc2cnc(OC)c(NC=CC(=O)N3CCN(C)CC3)c2)c(OC)c1. The highest BCUT2D eigenvalue weighted by molar-refractivity contribution is 7.93. The Kier molecular flexibility index (Phi) is 9.97. The predicted octanol–water partition coefficient (Wildman–Crippen LogP) is 2.40. The number of sulfone groups is 1. The highest BCUT2D eigenvalue weighted by Crippen LogP contribution is 2.35. The molecule has 11 nitrogen and oxygen atoms in total. The Morgan fingerprint density at radius 3 is 2.24 bits per heavy atom. The maximum absolute atomic E-state index is 12.9. The van der Waals surface area contributed by atoms with Gasteiger partial charge in [-0.2, -0.15) is 0 Å². The minimum absolute atomic E-state index is 0.106. The average molecular weight is 547 g/mol. The molecule has 0 radical (unpaired) electrons. The molecule has 38 heavy (non-hydrogen) atoms. The molecule has 2 heterocycles. The summed E-state index contributed by atoms with van der Waals surface area (Å²) in [6.45, 7) is 2.99. The maximum Gasteiger partial charge on any atom is 0.248 e. The van der Waals surface area contributed by atoms with Gasteiger partial charge in [0.25, 0.3) is 0 Å². The van der Waals surface area contributed by atoms with E-state index in [1.54, 1.807) is 23.1 Å². The van der Waals surface area contributed by atoms with Crippen LogP contribution < -0.4 is 24.3 Å². The van der Waals surface area contributed by atoms with Gasteiger partial charge < -0.3 is 34.1 Å². The van der Waals surface area contributed by atoms with E-state index in [2.05, 4.69) is 15.2 Å². The zero-order chi connectivity index (χ0) is 27.7. The Bertz CT molecular complexity index is 1260. The number of methoxy groups -OCH3 is 4. The second-order valence-electron chi connectivity index (χ2n) is 8.56. The van der Waals surface area contributed by atoms with Crippen LogP contribution in [-0.2, 0) is 20.4 Å². The van der Waals surface area contributed by atoms with Crippen molar-refractivity contribution in [3.8, 4) is 23.1 Å². The number of carbonyl (C=O) groups is 1. The zero-order valence-corrected chi connectivity index (χ0v) is 23.1. The van der Waals surface area contributed by atoms with Crippen molar-refractivity contribution in [2.75, 3.05) is 67.0 Å². The first-order chi connectivity index (χ1) is 18.2. The number of ether oxygens (including phenoxy) is 4. The molecule has 1 amide bonds. The van der Waals surface area contributed by atoms with Crippen LogP contribution in [0.1, 0.15) is 11.1 Å². The summed E-state index contributed by atoms with van der Waals surface area (Å²) in [5, 5.41) is 4.09. The predicted molar refractivity (Wildman–Crippen MR) is 145 cm³/mol. The Morgan fingerprint density at radius 2 is 1.66 bits per heavy atom. The van der Waals surface area contributed by atoms with Crippen molar-refractivity contribution >= 4 is 27.5 Å². The number of piperazine rings is 1. The fourth-order valence-corrected chi connectivity index (χ4v) is 4.89. The highest BCUT2D eigenvalue weighted by atomic mass is 32.2. The molecular weight excluding hydrogens is 512 g/mol. The number of anilines is 1. The number of benzene rings is 1. The van der Waals surface area contributed by atoms with Gasteiger partial charge in [-0.25, -0.2) is 13.4 Å². The number of amides is 1.